The van der Waals surface area contributed by atoms with Gasteiger partial charge in [0.25, 0.3) is 0 Å². The second kappa shape index (κ2) is 44.0. The summed E-state index contributed by atoms with van der Waals surface area (Å²) in [5, 5.41) is 12.0. The molecule has 0 radical (unpaired) electrons. The normalized spacial score (nSPS) is 12.8. The quantitative estimate of drug-likeness (QED) is 0.0321. The van der Waals surface area contributed by atoms with Gasteiger partial charge in [-0.05, 0) is 90.0 Å². The van der Waals surface area contributed by atoms with Crippen LogP contribution in [0.5, 0.6) is 0 Å². The molecule has 0 aliphatic rings. The highest BCUT2D eigenvalue weighted by molar-refractivity contribution is 5.83. The lowest BCUT2D eigenvalue weighted by Gasteiger charge is -2.18. The predicted molar refractivity (Wildman–Crippen MR) is 239 cm³/mol. The molecule has 0 aromatic rings. The van der Waals surface area contributed by atoms with Crippen LogP contribution >= 0.6 is 0 Å². The molecule has 0 aliphatic heterocycles. The lowest BCUT2D eigenvalue weighted by Crippen LogP contribution is -2.40. The Morgan fingerprint density at radius 2 is 0.929 bits per heavy atom. The van der Waals surface area contributed by atoms with Crippen LogP contribution in [0.4, 0.5) is 0 Å². The number of nitrogens with two attached hydrogens (primary N) is 1. The summed E-state index contributed by atoms with van der Waals surface area (Å²) in [6, 6.07) is -0.858. The second-order valence-electron chi connectivity index (χ2n) is 16.5. The molecule has 0 fully saturated rings. The van der Waals surface area contributed by atoms with Crippen LogP contribution in [0.15, 0.2) is 24.3 Å². The fraction of sp³-hybridized carbons (Fsp3) is 0.857. The Hall–Kier alpha value is -2.15. The van der Waals surface area contributed by atoms with Crippen LogP contribution < -0.4 is 11.1 Å². The molecular formula is C49H92N2O5. The average Bonchev–Trinajstić information content (AvgIpc) is 3.18. The SMILES string of the molecule is CCCCCCC/C=C\C/C=C\CCCCCC(CCCCCCCC(=O)NC(CCCN)C(=O)O)OC(=O)CCCCCCCCCCCCCCCCC. The number of unbranched alkanes of at least 4 members (excludes halogenated alkanes) is 26. The summed E-state index contributed by atoms with van der Waals surface area (Å²) in [7, 11) is 0. The molecule has 7 heteroatoms. The topological polar surface area (TPSA) is 119 Å². The van der Waals surface area contributed by atoms with Gasteiger partial charge in [0.15, 0.2) is 0 Å². The number of allylic oxidation sites excluding steroid dienone is 4. The number of nitrogens with one attached hydrogen (secondary N) is 1. The summed E-state index contributed by atoms with van der Waals surface area (Å²) in [4.78, 5) is 36.5. The molecule has 0 aromatic heterocycles. The number of ether oxygens (including phenoxy) is 1. The summed E-state index contributed by atoms with van der Waals surface area (Å²) in [5.74, 6) is -1.24. The van der Waals surface area contributed by atoms with Gasteiger partial charge in [-0.1, -0.05) is 179 Å². The van der Waals surface area contributed by atoms with Gasteiger partial charge in [0, 0.05) is 12.8 Å². The first-order valence-electron chi connectivity index (χ1n) is 24.2. The molecule has 1 amide bonds. The molecule has 4 N–H and O–H groups in total. The van der Waals surface area contributed by atoms with Crippen molar-refractivity contribution in [3.63, 3.8) is 0 Å². The number of aliphatic carboxylic acids is 1. The lowest BCUT2D eigenvalue weighted by molar-refractivity contribution is -0.150. The molecule has 0 aliphatic carbocycles. The Bertz CT molecular complexity index is 935. The van der Waals surface area contributed by atoms with Crippen LogP contribution in [-0.4, -0.2) is 41.6 Å². The van der Waals surface area contributed by atoms with Gasteiger partial charge < -0.3 is 20.9 Å². The van der Waals surface area contributed by atoms with Crippen molar-refractivity contribution in [2.45, 2.75) is 264 Å². The number of carboxylic acid groups (broad SMARTS) is 1. The van der Waals surface area contributed by atoms with E-state index >= 15 is 0 Å². The Kier molecular flexibility index (Phi) is 42.3. The molecule has 0 saturated carbocycles. The van der Waals surface area contributed by atoms with E-state index in [2.05, 4.69) is 43.5 Å². The van der Waals surface area contributed by atoms with Gasteiger partial charge in [0.2, 0.25) is 5.91 Å². The Morgan fingerprint density at radius 1 is 0.518 bits per heavy atom. The van der Waals surface area contributed by atoms with Gasteiger partial charge in [-0.3, -0.25) is 9.59 Å². The highest BCUT2D eigenvalue weighted by atomic mass is 16.5. The number of amides is 1. The largest absolute Gasteiger partial charge is 0.480 e. The zero-order chi connectivity index (χ0) is 41.0. The number of carboxylic acids is 1. The third kappa shape index (κ3) is 40.1. The van der Waals surface area contributed by atoms with Crippen LogP contribution in [-0.2, 0) is 19.1 Å². The summed E-state index contributed by atoms with van der Waals surface area (Å²) in [6.07, 6.45) is 50.8. The third-order valence-corrected chi connectivity index (χ3v) is 11.0. The first-order valence-corrected chi connectivity index (χ1v) is 24.2. The maximum atomic E-state index is 12.8. The Morgan fingerprint density at radius 3 is 1.39 bits per heavy atom. The zero-order valence-corrected chi connectivity index (χ0v) is 37.0. The predicted octanol–water partition coefficient (Wildman–Crippen LogP) is 14.0. The Balaban J connectivity index is 4.35. The van der Waals surface area contributed by atoms with Gasteiger partial charge in [-0.15, -0.1) is 0 Å². The van der Waals surface area contributed by atoms with Gasteiger partial charge >= 0.3 is 11.9 Å². The molecule has 56 heavy (non-hydrogen) atoms. The molecule has 2 atom stereocenters. The smallest absolute Gasteiger partial charge is 0.326 e. The number of hydrogen-bond acceptors (Lipinski definition) is 5. The number of hydrogen-bond donors (Lipinski definition) is 3. The fourth-order valence-electron chi connectivity index (χ4n) is 7.36. The standard InChI is InChI=1S/C49H92N2O5/c1-3-5-7-9-11-13-15-17-19-21-23-25-27-30-34-39-45(40-35-31-29-32-36-42-47(52)51-46(49(54)55)41-38-44-50)56-48(53)43-37-33-28-26-24-22-20-18-16-14-12-10-8-6-4-2/h15,17,21,23,45-46H,3-14,16,18-20,22,24-44,50H2,1-2H3,(H,51,52)(H,54,55)/b17-15-,23-21-. The summed E-state index contributed by atoms with van der Waals surface area (Å²) < 4.78 is 6.06. The van der Waals surface area contributed by atoms with E-state index in [1.165, 1.54) is 128 Å². The van der Waals surface area contributed by atoms with Gasteiger partial charge in [-0.2, -0.15) is 0 Å². The van der Waals surface area contributed by atoms with Crippen LogP contribution in [0.25, 0.3) is 0 Å². The minimum Gasteiger partial charge on any atom is -0.480 e. The maximum absolute atomic E-state index is 12.8. The van der Waals surface area contributed by atoms with Crippen molar-refractivity contribution in [3.8, 4) is 0 Å². The van der Waals surface area contributed by atoms with E-state index in [1.807, 2.05) is 0 Å². The van der Waals surface area contributed by atoms with Gasteiger partial charge in [0.1, 0.15) is 12.1 Å². The molecule has 0 aromatic carbocycles. The molecule has 2 unspecified atom stereocenters. The molecule has 328 valence electrons. The highest BCUT2D eigenvalue weighted by Crippen LogP contribution is 2.19. The van der Waals surface area contributed by atoms with Crippen molar-refractivity contribution < 1.29 is 24.2 Å². The number of rotatable bonds is 44. The zero-order valence-electron chi connectivity index (χ0n) is 37.0. The van der Waals surface area contributed by atoms with E-state index in [0.29, 0.717) is 32.2 Å². The summed E-state index contributed by atoms with van der Waals surface area (Å²) >= 11 is 0. The molecule has 0 rings (SSSR count). The molecule has 7 nitrogen and oxygen atoms in total. The number of carbonyl (C=O) groups excluding carboxylic acids is 2. The monoisotopic (exact) mass is 789 g/mol. The van der Waals surface area contributed by atoms with E-state index in [9.17, 15) is 19.5 Å². The number of carbonyl (C=O) groups is 3. The van der Waals surface area contributed by atoms with Crippen LogP contribution in [0.2, 0.25) is 0 Å². The maximum Gasteiger partial charge on any atom is 0.326 e. The van der Waals surface area contributed by atoms with Crippen LogP contribution in [0.3, 0.4) is 0 Å². The minimum atomic E-state index is -1.00. The van der Waals surface area contributed by atoms with E-state index in [-0.39, 0.29) is 18.0 Å². The van der Waals surface area contributed by atoms with E-state index in [1.54, 1.807) is 0 Å². The molecule has 0 spiro atoms. The molecular weight excluding hydrogens is 697 g/mol. The van der Waals surface area contributed by atoms with Gasteiger partial charge in [0.05, 0.1) is 0 Å². The van der Waals surface area contributed by atoms with Crippen molar-refractivity contribution >= 4 is 17.8 Å². The van der Waals surface area contributed by atoms with Crippen molar-refractivity contribution in [2.24, 2.45) is 5.73 Å². The molecule has 0 saturated heterocycles. The minimum absolute atomic E-state index is 0.00579. The first kappa shape index (κ1) is 53.9. The van der Waals surface area contributed by atoms with Crippen molar-refractivity contribution in [2.75, 3.05) is 6.54 Å². The second-order valence-corrected chi connectivity index (χ2v) is 16.5. The summed E-state index contributed by atoms with van der Waals surface area (Å²) in [5.41, 5.74) is 5.49. The van der Waals surface area contributed by atoms with E-state index in [4.69, 9.17) is 10.5 Å². The van der Waals surface area contributed by atoms with Crippen molar-refractivity contribution in [3.05, 3.63) is 24.3 Å². The van der Waals surface area contributed by atoms with E-state index < -0.39 is 12.0 Å². The van der Waals surface area contributed by atoms with Crippen LogP contribution in [0, 0.1) is 0 Å². The third-order valence-electron chi connectivity index (χ3n) is 11.0. The van der Waals surface area contributed by atoms with Gasteiger partial charge in [-0.25, -0.2) is 4.79 Å². The Labute approximate surface area is 346 Å². The molecule has 0 bridgehead atoms. The molecule has 0 heterocycles. The first-order chi connectivity index (χ1) is 27.4. The van der Waals surface area contributed by atoms with Crippen molar-refractivity contribution in [1.82, 2.24) is 5.32 Å². The van der Waals surface area contributed by atoms with Crippen LogP contribution in [0.1, 0.15) is 251 Å². The van der Waals surface area contributed by atoms with E-state index in [0.717, 1.165) is 83.5 Å². The number of esters is 1. The highest BCUT2D eigenvalue weighted by Gasteiger charge is 2.19. The lowest BCUT2D eigenvalue weighted by atomic mass is 10.0. The average molecular weight is 789 g/mol. The fourth-order valence-corrected chi connectivity index (χ4v) is 7.36. The summed E-state index contributed by atoms with van der Waals surface area (Å²) in [6.45, 7) is 4.95. The van der Waals surface area contributed by atoms with Crippen molar-refractivity contribution in [1.29, 1.82) is 0 Å².